The van der Waals surface area contributed by atoms with Crippen LogP contribution >= 0.6 is 0 Å². The zero-order valence-corrected chi connectivity index (χ0v) is 14.7. The molecule has 0 spiro atoms. The average Bonchev–Trinajstić information content (AvgIpc) is 3.43. The molecule has 1 saturated carbocycles. The van der Waals surface area contributed by atoms with Crippen LogP contribution < -0.4 is 20.1 Å². The third-order valence-corrected chi connectivity index (χ3v) is 4.58. The van der Waals surface area contributed by atoms with Gasteiger partial charge in [0, 0.05) is 6.54 Å². The van der Waals surface area contributed by atoms with Crippen molar-refractivity contribution >= 4 is 6.03 Å². The molecule has 2 N–H and O–H groups in total. The number of hydrogen-bond donors (Lipinski definition) is 2. The summed E-state index contributed by atoms with van der Waals surface area (Å²) in [7, 11) is 3.23. The van der Waals surface area contributed by atoms with Crippen molar-refractivity contribution in [2.75, 3.05) is 20.8 Å². The fourth-order valence-electron chi connectivity index (χ4n) is 2.99. The number of rotatable bonds is 7. The van der Waals surface area contributed by atoms with E-state index >= 15 is 0 Å². The highest BCUT2D eigenvalue weighted by molar-refractivity contribution is 5.75. The molecule has 0 saturated heterocycles. The van der Waals surface area contributed by atoms with Gasteiger partial charge in [0.05, 0.1) is 19.8 Å². The van der Waals surface area contributed by atoms with Gasteiger partial charge in [-0.25, -0.2) is 4.79 Å². The van der Waals surface area contributed by atoms with Gasteiger partial charge in [0.1, 0.15) is 0 Å². The summed E-state index contributed by atoms with van der Waals surface area (Å²) < 4.78 is 10.5. The first-order valence-corrected chi connectivity index (χ1v) is 8.49. The Labute approximate surface area is 148 Å². The highest BCUT2D eigenvalue weighted by atomic mass is 16.5. The van der Waals surface area contributed by atoms with Gasteiger partial charge in [0.15, 0.2) is 11.5 Å². The summed E-state index contributed by atoms with van der Waals surface area (Å²) in [5.41, 5.74) is 2.07. The molecule has 2 aromatic carbocycles. The van der Waals surface area contributed by atoms with Crippen molar-refractivity contribution in [3.05, 3.63) is 59.7 Å². The molecule has 5 nitrogen and oxygen atoms in total. The predicted molar refractivity (Wildman–Crippen MR) is 97.1 cm³/mol. The summed E-state index contributed by atoms with van der Waals surface area (Å²) in [5, 5.41) is 6.06. The monoisotopic (exact) mass is 340 g/mol. The molecule has 0 unspecified atom stereocenters. The Morgan fingerprint density at radius 1 is 1.04 bits per heavy atom. The van der Waals surface area contributed by atoms with Crippen molar-refractivity contribution in [2.24, 2.45) is 0 Å². The maximum atomic E-state index is 12.2. The van der Waals surface area contributed by atoms with E-state index in [-0.39, 0.29) is 11.6 Å². The molecule has 0 aliphatic heterocycles. The van der Waals surface area contributed by atoms with E-state index in [0.717, 1.165) is 24.8 Å². The van der Waals surface area contributed by atoms with E-state index in [1.165, 1.54) is 5.56 Å². The van der Waals surface area contributed by atoms with E-state index in [2.05, 4.69) is 22.8 Å². The highest BCUT2D eigenvalue weighted by Crippen LogP contribution is 2.45. The van der Waals surface area contributed by atoms with Crippen molar-refractivity contribution in [3.63, 3.8) is 0 Å². The van der Waals surface area contributed by atoms with Gasteiger partial charge in [-0.15, -0.1) is 0 Å². The fourth-order valence-corrected chi connectivity index (χ4v) is 2.99. The molecule has 1 fully saturated rings. The minimum atomic E-state index is -0.186. The average molecular weight is 340 g/mol. The van der Waals surface area contributed by atoms with Crippen LogP contribution in [0.3, 0.4) is 0 Å². The number of nitrogens with one attached hydrogen (secondary N) is 2. The molecule has 5 heteroatoms. The Morgan fingerprint density at radius 3 is 2.40 bits per heavy atom. The predicted octanol–water partition coefficient (Wildman–Crippen LogP) is 3.23. The van der Waals surface area contributed by atoms with Gasteiger partial charge < -0.3 is 20.1 Å². The molecule has 1 aliphatic carbocycles. The van der Waals surface area contributed by atoms with Crippen LogP contribution in [0.5, 0.6) is 11.5 Å². The van der Waals surface area contributed by atoms with Crippen molar-refractivity contribution in [1.29, 1.82) is 0 Å². The lowest BCUT2D eigenvalue weighted by Gasteiger charge is -2.18. The van der Waals surface area contributed by atoms with Gasteiger partial charge in [-0.1, -0.05) is 36.4 Å². The summed E-state index contributed by atoms with van der Waals surface area (Å²) in [5.74, 6) is 1.40. The SMILES string of the molecule is COc1ccc(CCNC(=O)NC2(c3ccccc3)CC2)cc1OC. The van der Waals surface area contributed by atoms with Crippen molar-refractivity contribution < 1.29 is 14.3 Å². The Kier molecular flexibility index (Phi) is 5.12. The maximum Gasteiger partial charge on any atom is 0.315 e. The largest absolute Gasteiger partial charge is 0.493 e. The lowest BCUT2D eigenvalue weighted by molar-refractivity contribution is 0.236. The van der Waals surface area contributed by atoms with E-state index in [1.54, 1.807) is 14.2 Å². The molecule has 1 aliphatic rings. The second-order valence-corrected chi connectivity index (χ2v) is 6.27. The Hall–Kier alpha value is -2.69. The number of ether oxygens (including phenoxy) is 2. The molecule has 0 atom stereocenters. The third-order valence-electron chi connectivity index (χ3n) is 4.58. The standard InChI is InChI=1S/C20H24N2O3/c1-24-17-9-8-15(14-18(17)25-2)10-13-21-19(23)22-20(11-12-20)16-6-4-3-5-7-16/h3-9,14H,10-13H2,1-2H3,(H2,21,22,23). The lowest BCUT2D eigenvalue weighted by Crippen LogP contribution is -2.42. The number of urea groups is 1. The number of amides is 2. The number of carbonyl (C=O) groups is 1. The molecule has 0 aromatic heterocycles. The molecular formula is C20H24N2O3. The molecule has 3 rings (SSSR count). The highest BCUT2D eigenvalue weighted by Gasteiger charge is 2.45. The Bertz CT molecular complexity index is 727. The van der Waals surface area contributed by atoms with E-state index in [4.69, 9.17) is 9.47 Å². The zero-order chi connectivity index (χ0) is 17.7. The van der Waals surface area contributed by atoms with Crippen LogP contribution in [0.2, 0.25) is 0 Å². The minimum absolute atomic E-state index is 0.123. The van der Waals surface area contributed by atoms with Crippen LogP contribution in [0.15, 0.2) is 48.5 Å². The van der Waals surface area contributed by atoms with Crippen LogP contribution in [0.25, 0.3) is 0 Å². The minimum Gasteiger partial charge on any atom is -0.493 e. The van der Waals surface area contributed by atoms with Crippen LogP contribution in [0.4, 0.5) is 4.79 Å². The third kappa shape index (κ3) is 4.05. The van der Waals surface area contributed by atoms with Crippen molar-refractivity contribution in [3.8, 4) is 11.5 Å². The van der Waals surface area contributed by atoms with Gasteiger partial charge >= 0.3 is 6.03 Å². The summed E-state index contributed by atoms with van der Waals surface area (Å²) in [6, 6.07) is 15.8. The summed E-state index contributed by atoms with van der Waals surface area (Å²) in [6.45, 7) is 0.562. The quantitative estimate of drug-likeness (QED) is 0.813. The summed E-state index contributed by atoms with van der Waals surface area (Å²) in [6.07, 6.45) is 2.70. The number of carbonyl (C=O) groups excluding carboxylic acids is 1. The first kappa shape index (κ1) is 17.1. The molecule has 2 amide bonds. The maximum absolute atomic E-state index is 12.2. The van der Waals surface area contributed by atoms with Gasteiger partial charge in [0.25, 0.3) is 0 Å². The Balaban J connectivity index is 1.50. The summed E-state index contributed by atoms with van der Waals surface area (Å²) in [4.78, 5) is 12.2. The van der Waals surface area contributed by atoms with Crippen LogP contribution in [-0.4, -0.2) is 26.8 Å². The van der Waals surface area contributed by atoms with Gasteiger partial charge in [-0.3, -0.25) is 0 Å². The van der Waals surface area contributed by atoms with Gasteiger partial charge in [-0.2, -0.15) is 0 Å². The van der Waals surface area contributed by atoms with Crippen LogP contribution in [-0.2, 0) is 12.0 Å². The molecular weight excluding hydrogens is 316 g/mol. The zero-order valence-electron chi connectivity index (χ0n) is 14.7. The molecule has 0 heterocycles. The van der Waals surface area contributed by atoms with Crippen molar-refractivity contribution in [1.82, 2.24) is 10.6 Å². The van der Waals surface area contributed by atoms with Gasteiger partial charge in [0.2, 0.25) is 0 Å². The van der Waals surface area contributed by atoms with E-state index in [1.807, 2.05) is 36.4 Å². The second kappa shape index (κ2) is 7.47. The topological polar surface area (TPSA) is 59.6 Å². The normalized spacial score (nSPS) is 14.5. The molecule has 2 aromatic rings. The number of benzene rings is 2. The number of hydrogen-bond acceptors (Lipinski definition) is 3. The summed E-state index contributed by atoms with van der Waals surface area (Å²) >= 11 is 0. The van der Waals surface area contributed by atoms with Crippen LogP contribution in [0, 0.1) is 0 Å². The first-order valence-electron chi connectivity index (χ1n) is 8.49. The van der Waals surface area contributed by atoms with Crippen LogP contribution in [0.1, 0.15) is 24.0 Å². The molecule has 132 valence electrons. The molecule has 0 bridgehead atoms. The van der Waals surface area contributed by atoms with E-state index in [9.17, 15) is 4.79 Å². The first-order chi connectivity index (χ1) is 12.2. The van der Waals surface area contributed by atoms with Gasteiger partial charge in [-0.05, 0) is 42.5 Å². The van der Waals surface area contributed by atoms with E-state index in [0.29, 0.717) is 18.0 Å². The number of methoxy groups -OCH3 is 2. The lowest BCUT2D eigenvalue weighted by atomic mass is 10.1. The fraction of sp³-hybridized carbons (Fsp3) is 0.350. The molecule has 25 heavy (non-hydrogen) atoms. The Morgan fingerprint density at radius 2 is 1.76 bits per heavy atom. The van der Waals surface area contributed by atoms with E-state index < -0.39 is 0 Å². The smallest absolute Gasteiger partial charge is 0.315 e. The second-order valence-electron chi connectivity index (χ2n) is 6.27. The molecule has 0 radical (unpaired) electrons. The van der Waals surface area contributed by atoms with Crippen molar-refractivity contribution in [2.45, 2.75) is 24.8 Å².